The first-order valence-electron chi connectivity index (χ1n) is 6.53. The Hall–Kier alpha value is -0.550. The van der Waals surface area contributed by atoms with Crippen molar-refractivity contribution in [2.45, 2.75) is 39.3 Å². The lowest BCUT2D eigenvalue weighted by atomic mass is 9.96. The summed E-state index contributed by atoms with van der Waals surface area (Å²) in [7, 11) is 0. The molecule has 0 amide bonds. The highest BCUT2D eigenvalue weighted by Crippen LogP contribution is 2.27. The normalized spacial score (nSPS) is 21.9. The van der Waals surface area contributed by atoms with E-state index in [4.69, 9.17) is 0 Å². The smallest absolute Gasteiger partial charge is 0.138 e. The van der Waals surface area contributed by atoms with Gasteiger partial charge in [-0.15, -0.1) is 0 Å². The van der Waals surface area contributed by atoms with E-state index in [-0.39, 0.29) is 0 Å². The van der Waals surface area contributed by atoms with E-state index in [9.17, 15) is 0 Å². The first-order chi connectivity index (χ1) is 8.35. The highest BCUT2D eigenvalue weighted by Gasteiger charge is 2.26. The molecule has 17 heavy (non-hydrogen) atoms. The van der Waals surface area contributed by atoms with Crippen LogP contribution in [0.2, 0.25) is 0 Å². The average molecular weight is 254 g/mol. The number of aryl methyl sites for hydroxylation is 1. The predicted molar refractivity (Wildman–Crippen MR) is 72.3 cm³/mol. The van der Waals surface area contributed by atoms with Crippen molar-refractivity contribution in [1.82, 2.24) is 20.1 Å². The molecule has 0 aliphatic carbocycles. The largest absolute Gasteiger partial charge is 0.313 e. The summed E-state index contributed by atoms with van der Waals surface area (Å²) in [5, 5.41) is 7.87. The molecule has 0 aromatic carbocycles. The van der Waals surface area contributed by atoms with Crippen molar-refractivity contribution >= 4 is 11.8 Å². The van der Waals surface area contributed by atoms with Crippen LogP contribution in [0.3, 0.4) is 0 Å². The topological polar surface area (TPSA) is 42.7 Å². The minimum absolute atomic E-state index is 0.560. The Morgan fingerprint density at radius 1 is 1.59 bits per heavy atom. The van der Waals surface area contributed by atoms with Crippen molar-refractivity contribution in [2.24, 2.45) is 5.92 Å². The molecular formula is C12H22N4S. The van der Waals surface area contributed by atoms with Crippen molar-refractivity contribution in [3.8, 4) is 0 Å². The van der Waals surface area contributed by atoms with Gasteiger partial charge >= 0.3 is 0 Å². The monoisotopic (exact) mass is 254 g/mol. The zero-order valence-electron chi connectivity index (χ0n) is 10.7. The second-order valence-electron chi connectivity index (χ2n) is 4.48. The molecule has 0 bridgehead atoms. The molecule has 0 radical (unpaired) electrons. The van der Waals surface area contributed by atoms with E-state index in [0.29, 0.717) is 6.04 Å². The lowest BCUT2D eigenvalue weighted by Crippen LogP contribution is -2.38. The molecule has 2 rings (SSSR count). The number of rotatable bonds is 6. The number of likely N-dealkylation sites (N-methyl/N-ethyl adjacent to an activating group) is 1. The lowest BCUT2D eigenvalue weighted by Gasteiger charge is -2.23. The summed E-state index contributed by atoms with van der Waals surface area (Å²) in [4.78, 5) is 4.39. The van der Waals surface area contributed by atoms with Gasteiger partial charge in [-0.1, -0.05) is 6.92 Å². The minimum atomic E-state index is 0.560. The van der Waals surface area contributed by atoms with Crippen molar-refractivity contribution in [3.63, 3.8) is 0 Å². The van der Waals surface area contributed by atoms with Crippen molar-refractivity contribution in [1.29, 1.82) is 0 Å². The molecule has 2 heterocycles. The Labute approximate surface area is 108 Å². The minimum Gasteiger partial charge on any atom is -0.313 e. The van der Waals surface area contributed by atoms with Crippen LogP contribution < -0.4 is 5.32 Å². The van der Waals surface area contributed by atoms with Gasteiger partial charge in [0.25, 0.3) is 0 Å². The van der Waals surface area contributed by atoms with Gasteiger partial charge in [0.05, 0.1) is 0 Å². The van der Waals surface area contributed by atoms with Crippen LogP contribution in [0.4, 0.5) is 0 Å². The highest BCUT2D eigenvalue weighted by molar-refractivity contribution is 7.99. The first-order valence-corrected chi connectivity index (χ1v) is 7.68. The second-order valence-corrected chi connectivity index (χ2v) is 5.63. The summed E-state index contributed by atoms with van der Waals surface area (Å²) in [6.07, 6.45) is 4.01. The van der Waals surface area contributed by atoms with Gasteiger partial charge in [0.2, 0.25) is 0 Å². The standard InChI is InChI=1S/C12H22N4S/c1-3-13-11(10-5-6-17-8-10)7-12-14-9-15-16(12)4-2/h9-11,13H,3-8H2,1-2H3. The quantitative estimate of drug-likeness (QED) is 0.837. The summed E-state index contributed by atoms with van der Waals surface area (Å²) < 4.78 is 2.01. The van der Waals surface area contributed by atoms with Gasteiger partial charge in [0.1, 0.15) is 12.2 Å². The van der Waals surface area contributed by atoms with Crippen LogP contribution in [-0.4, -0.2) is 38.9 Å². The van der Waals surface area contributed by atoms with E-state index in [1.165, 1.54) is 17.9 Å². The van der Waals surface area contributed by atoms with Crippen LogP contribution in [0.15, 0.2) is 6.33 Å². The zero-order chi connectivity index (χ0) is 12.1. The third-order valence-electron chi connectivity index (χ3n) is 3.40. The lowest BCUT2D eigenvalue weighted by molar-refractivity contribution is 0.375. The molecule has 1 fully saturated rings. The Bertz CT molecular complexity index is 333. The van der Waals surface area contributed by atoms with Crippen LogP contribution in [-0.2, 0) is 13.0 Å². The van der Waals surface area contributed by atoms with Gasteiger partial charge in [-0.05, 0) is 37.3 Å². The van der Waals surface area contributed by atoms with Gasteiger partial charge in [-0.2, -0.15) is 16.9 Å². The maximum absolute atomic E-state index is 4.39. The van der Waals surface area contributed by atoms with Crippen LogP contribution in [0, 0.1) is 5.92 Å². The molecule has 1 aliphatic rings. The summed E-state index contributed by atoms with van der Waals surface area (Å²) in [6, 6.07) is 0.560. The number of hydrogen-bond acceptors (Lipinski definition) is 4. The van der Waals surface area contributed by atoms with Gasteiger partial charge in [-0.3, -0.25) is 4.68 Å². The average Bonchev–Trinajstić information content (AvgIpc) is 2.99. The van der Waals surface area contributed by atoms with Gasteiger partial charge in [-0.25, -0.2) is 4.98 Å². The third kappa shape index (κ3) is 3.22. The number of hydrogen-bond donors (Lipinski definition) is 1. The zero-order valence-corrected chi connectivity index (χ0v) is 11.5. The molecule has 0 saturated carbocycles. The number of aromatic nitrogens is 3. The molecule has 5 heteroatoms. The molecular weight excluding hydrogens is 232 g/mol. The molecule has 0 spiro atoms. The van der Waals surface area contributed by atoms with Gasteiger partial charge in [0, 0.05) is 19.0 Å². The predicted octanol–water partition coefficient (Wildman–Crippen LogP) is 1.57. The molecule has 2 unspecified atom stereocenters. The molecule has 1 aromatic heterocycles. The Morgan fingerprint density at radius 3 is 3.12 bits per heavy atom. The molecule has 4 nitrogen and oxygen atoms in total. The maximum atomic E-state index is 4.39. The Morgan fingerprint density at radius 2 is 2.47 bits per heavy atom. The number of nitrogens with zero attached hydrogens (tertiary/aromatic N) is 3. The van der Waals surface area contributed by atoms with Crippen molar-refractivity contribution < 1.29 is 0 Å². The molecule has 96 valence electrons. The van der Waals surface area contributed by atoms with E-state index in [1.54, 1.807) is 6.33 Å². The Kier molecular flexibility index (Phi) is 4.86. The fourth-order valence-electron chi connectivity index (χ4n) is 2.44. The van der Waals surface area contributed by atoms with E-state index in [0.717, 1.165) is 31.3 Å². The fourth-order valence-corrected chi connectivity index (χ4v) is 3.78. The Balaban J connectivity index is 2.01. The van der Waals surface area contributed by atoms with Gasteiger partial charge < -0.3 is 5.32 Å². The summed E-state index contributed by atoms with van der Waals surface area (Å²) in [6.45, 7) is 6.24. The number of thioether (sulfide) groups is 1. The van der Waals surface area contributed by atoms with Crippen molar-refractivity contribution in [2.75, 3.05) is 18.1 Å². The SMILES string of the molecule is CCNC(Cc1ncnn1CC)C1CCSC1. The van der Waals surface area contributed by atoms with E-state index < -0.39 is 0 Å². The summed E-state index contributed by atoms with van der Waals surface area (Å²) in [5.74, 6) is 4.52. The maximum Gasteiger partial charge on any atom is 0.138 e. The molecule has 1 aromatic rings. The fraction of sp³-hybridized carbons (Fsp3) is 0.833. The molecule has 1 saturated heterocycles. The molecule has 1 N–H and O–H groups in total. The number of nitrogens with one attached hydrogen (secondary N) is 1. The van der Waals surface area contributed by atoms with Crippen LogP contribution in [0.1, 0.15) is 26.1 Å². The van der Waals surface area contributed by atoms with Crippen molar-refractivity contribution in [3.05, 3.63) is 12.2 Å². The summed E-state index contributed by atoms with van der Waals surface area (Å²) in [5.41, 5.74) is 0. The van der Waals surface area contributed by atoms with Crippen LogP contribution in [0.5, 0.6) is 0 Å². The third-order valence-corrected chi connectivity index (χ3v) is 4.59. The van der Waals surface area contributed by atoms with Crippen LogP contribution >= 0.6 is 11.8 Å². The van der Waals surface area contributed by atoms with Crippen LogP contribution in [0.25, 0.3) is 0 Å². The van der Waals surface area contributed by atoms with E-state index in [1.807, 2.05) is 4.68 Å². The van der Waals surface area contributed by atoms with Gasteiger partial charge in [0.15, 0.2) is 0 Å². The molecule has 1 aliphatic heterocycles. The first kappa shape index (κ1) is 12.9. The van der Waals surface area contributed by atoms with E-state index >= 15 is 0 Å². The summed E-state index contributed by atoms with van der Waals surface area (Å²) >= 11 is 2.08. The highest BCUT2D eigenvalue weighted by atomic mass is 32.2. The van der Waals surface area contributed by atoms with E-state index in [2.05, 4.69) is 41.0 Å². The second kappa shape index (κ2) is 6.40. The molecule has 2 atom stereocenters.